The minimum Gasteiger partial charge on any atom is -0.382 e. The van der Waals surface area contributed by atoms with Crippen molar-refractivity contribution in [2.24, 2.45) is 21.8 Å². The Labute approximate surface area is 182 Å². The van der Waals surface area contributed by atoms with E-state index >= 15 is 0 Å². The normalized spacial score (nSPS) is 20.3. The first kappa shape index (κ1) is 22.6. The van der Waals surface area contributed by atoms with Crippen LogP contribution in [-0.2, 0) is 10.2 Å². The van der Waals surface area contributed by atoms with Crippen molar-refractivity contribution in [3.8, 4) is 0 Å². The van der Waals surface area contributed by atoms with E-state index < -0.39 is 16.0 Å². The van der Waals surface area contributed by atoms with Gasteiger partial charge in [0.2, 0.25) is 5.82 Å². The number of nitrogens with zero attached hydrogens (tertiary/aromatic N) is 3. The third kappa shape index (κ3) is 6.45. The molecular formula is C17H23BrFN7O3S. The molecule has 1 aromatic carbocycles. The van der Waals surface area contributed by atoms with Crippen LogP contribution in [0, 0.1) is 11.7 Å². The standard InChI is InChI=1S/C17H23BrFN7O3S/c18-13-9-12(4-5-14(13)19)23-16(20)15-17(26-29-25-15)24-11-3-1-2-10(8-11)6-7-22-30(21,27)28/h4-5,9-11,22H,1-3,6-8H2,(H2,20,23)(H,24,26)(H2,21,27,28). The number of rotatable bonds is 8. The van der Waals surface area contributed by atoms with Gasteiger partial charge in [-0.25, -0.2) is 23.9 Å². The van der Waals surface area contributed by atoms with Crippen molar-refractivity contribution in [3.05, 3.63) is 34.2 Å². The number of hydrogen-bond donors (Lipinski definition) is 4. The van der Waals surface area contributed by atoms with E-state index in [4.69, 9.17) is 15.5 Å². The topological polar surface area (TPSA) is 162 Å². The highest BCUT2D eigenvalue weighted by atomic mass is 79.9. The summed E-state index contributed by atoms with van der Waals surface area (Å²) in [5.41, 5.74) is 6.79. The Hall–Kier alpha value is -2.09. The van der Waals surface area contributed by atoms with Gasteiger partial charge in [0.25, 0.3) is 10.2 Å². The van der Waals surface area contributed by atoms with E-state index in [1.54, 1.807) is 0 Å². The number of aromatic nitrogens is 2. The second-order valence-electron chi connectivity index (χ2n) is 7.16. The molecule has 164 valence electrons. The molecule has 6 N–H and O–H groups in total. The van der Waals surface area contributed by atoms with Crippen LogP contribution in [0.5, 0.6) is 0 Å². The van der Waals surface area contributed by atoms with Crippen LogP contribution >= 0.6 is 15.9 Å². The molecule has 1 aliphatic rings. The molecular weight excluding hydrogens is 481 g/mol. The smallest absolute Gasteiger partial charge is 0.274 e. The Balaban J connectivity index is 1.63. The predicted octanol–water partition coefficient (Wildman–Crippen LogP) is 2.16. The maximum atomic E-state index is 13.4. The SMILES string of the molecule is NC(=Nc1ccc(F)c(Br)c1)c1nonc1NC1CCCC(CCNS(N)(=O)=O)C1. The second-order valence-corrected chi connectivity index (χ2v) is 9.39. The number of nitrogens with two attached hydrogens (primary N) is 2. The highest BCUT2D eigenvalue weighted by Crippen LogP contribution is 2.29. The first-order chi connectivity index (χ1) is 14.2. The molecule has 0 bridgehead atoms. The van der Waals surface area contributed by atoms with Gasteiger partial charge in [-0.1, -0.05) is 12.8 Å². The first-order valence-corrected chi connectivity index (χ1v) is 11.7. The van der Waals surface area contributed by atoms with Gasteiger partial charge in [0.1, 0.15) is 5.82 Å². The number of nitrogens with one attached hydrogen (secondary N) is 2. The van der Waals surface area contributed by atoms with Gasteiger partial charge >= 0.3 is 0 Å². The van der Waals surface area contributed by atoms with Crippen LogP contribution in [0.15, 0.2) is 32.3 Å². The van der Waals surface area contributed by atoms with Gasteiger partial charge in [-0.15, -0.1) is 0 Å². The van der Waals surface area contributed by atoms with E-state index in [1.807, 2.05) is 0 Å². The van der Waals surface area contributed by atoms with Gasteiger partial charge < -0.3 is 11.1 Å². The average molecular weight is 504 g/mol. The summed E-state index contributed by atoms with van der Waals surface area (Å²) >= 11 is 3.11. The van der Waals surface area contributed by atoms with Crippen LogP contribution in [0.2, 0.25) is 0 Å². The van der Waals surface area contributed by atoms with Crippen molar-refractivity contribution in [3.63, 3.8) is 0 Å². The van der Waals surface area contributed by atoms with Crippen LogP contribution in [0.4, 0.5) is 15.9 Å². The van der Waals surface area contributed by atoms with Gasteiger partial charge in [-0.2, -0.15) is 8.42 Å². The van der Waals surface area contributed by atoms with Gasteiger partial charge in [-0.05, 0) is 69.6 Å². The quantitative estimate of drug-likeness (QED) is 0.316. The van der Waals surface area contributed by atoms with E-state index in [9.17, 15) is 12.8 Å². The van der Waals surface area contributed by atoms with Crippen molar-refractivity contribution in [2.45, 2.75) is 38.1 Å². The van der Waals surface area contributed by atoms with Crippen molar-refractivity contribution < 1.29 is 17.4 Å². The van der Waals surface area contributed by atoms with E-state index in [1.165, 1.54) is 18.2 Å². The monoisotopic (exact) mass is 503 g/mol. The molecule has 1 fully saturated rings. The molecule has 0 saturated heterocycles. The van der Waals surface area contributed by atoms with Crippen molar-refractivity contribution in [2.75, 3.05) is 11.9 Å². The van der Waals surface area contributed by atoms with Crippen LogP contribution in [0.1, 0.15) is 37.8 Å². The molecule has 0 spiro atoms. The minimum atomic E-state index is -3.67. The molecule has 2 aromatic rings. The van der Waals surface area contributed by atoms with E-state index in [-0.39, 0.29) is 22.0 Å². The molecule has 1 aliphatic carbocycles. The summed E-state index contributed by atoms with van der Waals surface area (Å²) in [6, 6.07) is 4.39. The predicted molar refractivity (Wildman–Crippen MR) is 114 cm³/mol. The molecule has 0 radical (unpaired) electrons. The summed E-state index contributed by atoms with van der Waals surface area (Å²) in [5, 5.41) is 16.0. The number of benzene rings is 1. The highest BCUT2D eigenvalue weighted by molar-refractivity contribution is 9.10. The molecule has 0 aliphatic heterocycles. The maximum absolute atomic E-state index is 13.4. The molecule has 2 atom stereocenters. The summed E-state index contributed by atoms with van der Waals surface area (Å²) in [6.07, 6.45) is 4.46. The van der Waals surface area contributed by atoms with Gasteiger partial charge in [0.15, 0.2) is 11.5 Å². The lowest BCUT2D eigenvalue weighted by Gasteiger charge is -2.29. The summed E-state index contributed by atoms with van der Waals surface area (Å²) in [5.74, 6) is 0.410. The van der Waals surface area contributed by atoms with Crippen molar-refractivity contribution in [1.29, 1.82) is 0 Å². The molecule has 1 heterocycles. The highest BCUT2D eigenvalue weighted by Gasteiger charge is 2.25. The van der Waals surface area contributed by atoms with Crippen LogP contribution in [0.3, 0.4) is 0 Å². The zero-order valence-corrected chi connectivity index (χ0v) is 18.4. The van der Waals surface area contributed by atoms with Gasteiger partial charge in [-0.3, -0.25) is 0 Å². The van der Waals surface area contributed by atoms with Crippen molar-refractivity contribution in [1.82, 2.24) is 15.0 Å². The van der Waals surface area contributed by atoms with Crippen molar-refractivity contribution >= 4 is 43.5 Å². The van der Waals surface area contributed by atoms with Crippen LogP contribution < -0.4 is 20.9 Å². The molecule has 10 nitrogen and oxygen atoms in total. The molecule has 1 aromatic heterocycles. The summed E-state index contributed by atoms with van der Waals surface area (Å²) < 4.78 is 42.8. The minimum absolute atomic E-state index is 0.0852. The summed E-state index contributed by atoms with van der Waals surface area (Å²) in [6.45, 7) is 0.305. The Kier molecular flexibility index (Phi) is 7.39. The third-order valence-corrected chi connectivity index (χ3v) is 6.08. The molecule has 30 heavy (non-hydrogen) atoms. The fourth-order valence-corrected chi connectivity index (χ4v) is 4.25. The largest absolute Gasteiger partial charge is 0.382 e. The molecule has 0 amide bonds. The lowest BCUT2D eigenvalue weighted by molar-refractivity contribution is 0.302. The summed E-state index contributed by atoms with van der Waals surface area (Å²) in [7, 11) is -3.67. The average Bonchev–Trinajstić information content (AvgIpc) is 3.12. The fraction of sp³-hybridized carbons (Fsp3) is 0.471. The van der Waals surface area contributed by atoms with Gasteiger partial charge in [0.05, 0.1) is 10.2 Å². The molecule has 1 saturated carbocycles. The van der Waals surface area contributed by atoms with E-state index in [0.29, 0.717) is 30.4 Å². The third-order valence-electron chi connectivity index (χ3n) is 4.86. The zero-order chi connectivity index (χ0) is 21.7. The number of hydrogen-bond acceptors (Lipinski definition) is 7. The number of halogens is 2. The fourth-order valence-electron chi connectivity index (χ4n) is 3.48. The zero-order valence-electron chi connectivity index (χ0n) is 16.0. The Morgan fingerprint density at radius 3 is 2.90 bits per heavy atom. The Morgan fingerprint density at radius 1 is 1.37 bits per heavy atom. The second kappa shape index (κ2) is 9.81. The number of amidine groups is 1. The first-order valence-electron chi connectivity index (χ1n) is 9.37. The molecule has 2 unspecified atom stereocenters. The molecule has 13 heteroatoms. The molecule has 3 rings (SSSR count). The summed E-state index contributed by atoms with van der Waals surface area (Å²) in [4.78, 5) is 4.25. The van der Waals surface area contributed by atoms with Crippen LogP contribution in [-0.4, -0.2) is 37.2 Å². The lowest BCUT2D eigenvalue weighted by Crippen LogP contribution is -2.34. The van der Waals surface area contributed by atoms with Gasteiger partial charge in [0, 0.05) is 12.6 Å². The number of anilines is 1. The van der Waals surface area contributed by atoms with E-state index in [2.05, 4.69) is 41.3 Å². The number of aliphatic imine (C=N–C) groups is 1. The Morgan fingerprint density at radius 2 is 2.17 bits per heavy atom. The van der Waals surface area contributed by atoms with Crippen LogP contribution in [0.25, 0.3) is 0 Å². The lowest BCUT2D eigenvalue weighted by atomic mass is 9.84. The Bertz CT molecular complexity index is 1010. The maximum Gasteiger partial charge on any atom is 0.274 e. The van der Waals surface area contributed by atoms with E-state index in [0.717, 1.165) is 25.7 Å².